The van der Waals surface area contributed by atoms with Crippen molar-refractivity contribution >= 4 is 47.3 Å². The van der Waals surface area contributed by atoms with Crippen LogP contribution >= 0.6 is 24.0 Å². The lowest BCUT2D eigenvalue weighted by molar-refractivity contribution is 0.187. The molecule has 0 unspecified atom stereocenters. The minimum atomic E-state index is -0.473. The van der Waals surface area contributed by atoms with E-state index in [1.165, 1.54) is 18.2 Å². The Kier molecular flexibility index (Phi) is 8.98. The van der Waals surface area contributed by atoms with E-state index in [2.05, 4.69) is 55.6 Å². The summed E-state index contributed by atoms with van der Waals surface area (Å²) in [5.41, 5.74) is 4.50. The van der Waals surface area contributed by atoms with Crippen LogP contribution in [0.15, 0.2) is 65.7 Å². The largest absolute Gasteiger partial charge is 0.453 e. The molecule has 0 spiro atoms. The molecule has 2 N–H and O–H groups in total. The minimum Gasteiger partial charge on any atom is -0.453 e. The van der Waals surface area contributed by atoms with E-state index in [-0.39, 0.29) is 24.0 Å². The Labute approximate surface area is 189 Å². The Balaban J connectivity index is 0.00000300. The van der Waals surface area contributed by atoms with Crippen LogP contribution in [0.5, 0.6) is 0 Å². The van der Waals surface area contributed by atoms with Crippen LogP contribution in [0.1, 0.15) is 17.5 Å². The number of carbonyl (C=O) groups excluding carboxylic acids is 1. The Bertz CT molecular complexity index is 851. The van der Waals surface area contributed by atoms with Crippen molar-refractivity contribution in [3.8, 4) is 0 Å². The van der Waals surface area contributed by atoms with Crippen molar-refractivity contribution in [3.05, 3.63) is 71.8 Å². The maximum Gasteiger partial charge on any atom is 0.411 e. The number of carbonyl (C=O) groups is 1. The highest BCUT2D eigenvalue weighted by molar-refractivity contribution is 14.0. The minimum absolute atomic E-state index is 0. The van der Waals surface area contributed by atoms with Crippen LogP contribution in [0.25, 0.3) is 5.57 Å². The van der Waals surface area contributed by atoms with Gasteiger partial charge in [0.05, 0.1) is 7.11 Å². The lowest BCUT2D eigenvalue weighted by Gasteiger charge is -2.29. The average molecular weight is 506 g/mol. The number of anilines is 1. The number of hydrogen-bond acceptors (Lipinski definition) is 3. The normalized spacial score (nSPS) is 13.8. The van der Waals surface area contributed by atoms with Gasteiger partial charge in [-0.15, -0.1) is 24.0 Å². The van der Waals surface area contributed by atoms with Crippen molar-refractivity contribution in [1.82, 2.24) is 10.2 Å². The molecule has 0 saturated carbocycles. The molecule has 1 aliphatic heterocycles. The maximum atomic E-state index is 11.2. The summed E-state index contributed by atoms with van der Waals surface area (Å²) in [6, 6.07) is 18.2. The van der Waals surface area contributed by atoms with Gasteiger partial charge < -0.3 is 15.0 Å². The molecular weight excluding hydrogens is 479 g/mol. The fourth-order valence-electron chi connectivity index (χ4n) is 3.16. The fraction of sp³-hybridized carbons (Fsp3) is 0.273. The zero-order valence-electron chi connectivity index (χ0n) is 16.7. The number of methoxy groups -OCH3 is 1. The van der Waals surface area contributed by atoms with Gasteiger partial charge in [-0.25, -0.2) is 4.79 Å². The first kappa shape index (κ1) is 22.7. The van der Waals surface area contributed by atoms with Crippen LogP contribution in [0, 0.1) is 0 Å². The van der Waals surface area contributed by atoms with Crippen LogP contribution in [-0.2, 0) is 11.3 Å². The molecule has 29 heavy (non-hydrogen) atoms. The first-order valence-electron chi connectivity index (χ1n) is 9.33. The van der Waals surface area contributed by atoms with E-state index in [9.17, 15) is 4.79 Å². The highest BCUT2D eigenvalue weighted by Crippen LogP contribution is 2.22. The van der Waals surface area contributed by atoms with Crippen molar-refractivity contribution in [3.63, 3.8) is 0 Å². The van der Waals surface area contributed by atoms with Crippen molar-refractivity contribution in [2.45, 2.75) is 13.0 Å². The third-order valence-electron chi connectivity index (χ3n) is 4.70. The number of rotatable bonds is 4. The first-order chi connectivity index (χ1) is 13.7. The maximum absolute atomic E-state index is 11.2. The third-order valence-corrected chi connectivity index (χ3v) is 4.70. The van der Waals surface area contributed by atoms with Crippen molar-refractivity contribution < 1.29 is 9.53 Å². The molecule has 1 aliphatic rings. The molecule has 0 radical (unpaired) electrons. The molecule has 0 aliphatic carbocycles. The van der Waals surface area contributed by atoms with Crippen LogP contribution < -0.4 is 10.6 Å². The van der Waals surface area contributed by atoms with E-state index in [0.717, 1.165) is 31.0 Å². The Morgan fingerprint density at radius 1 is 1.14 bits per heavy atom. The highest BCUT2D eigenvalue weighted by Gasteiger charge is 2.16. The van der Waals surface area contributed by atoms with Gasteiger partial charge in [0.1, 0.15) is 0 Å². The molecule has 3 rings (SSSR count). The van der Waals surface area contributed by atoms with E-state index >= 15 is 0 Å². The molecule has 1 amide bonds. The molecule has 0 aromatic heterocycles. The summed E-state index contributed by atoms with van der Waals surface area (Å²) in [6.07, 6.45) is 2.80. The van der Waals surface area contributed by atoms with Gasteiger partial charge in [0.15, 0.2) is 5.96 Å². The number of aliphatic imine (C=N–C) groups is 1. The van der Waals surface area contributed by atoms with Crippen LogP contribution in [0.2, 0.25) is 0 Å². The van der Waals surface area contributed by atoms with Gasteiger partial charge in [-0.3, -0.25) is 10.3 Å². The molecule has 0 bridgehead atoms. The Hall–Kier alpha value is -2.55. The van der Waals surface area contributed by atoms with E-state index in [4.69, 9.17) is 0 Å². The van der Waals surface area contributed by atoms with Crippen molar-refractivity contribution in [2.75, 3.05) is 32.6 Å². The number of ether oxygens (including phenoxy) is 1. The molecule has 7 heteroatoms. The predicted molar refractivity (Wildman–Crippen MR) is 129 cm³/mol. The topological polar surface area (TPSA) is 66.0 Å². The standard InChI is InChI=1S/C22H26N4O2.HI/c1-23-21(24-16-17-8-10-20(11-9-17)25-22(27)28-2)26-14-12-19(13-15-26)18-6-4-3-5-7-18;/h3-12H,13-16H2,1-2H3,(H,23,24)(H,25,27);1H. The average Bonchev–Trinajstić information content (AvgIpc) is 2.76. The number of nitrogens with zero attached hydrogens (tertiary/aromatic N) is 2. The summed E-state index contributed by atoms with van der Waals surface area (Å²) >= 11 is 0. The van der Waals surface area contributed by atoms with Crippen LogP contribution in [-0.4, -0.2) is 44.2 Å². The zero-order chi connectivity index (χ0) is 19.8. The third kappa shape index (κ3) is 6.49. The van der Waals surface area contributed by atoms with E-state index < -0.39 is 6.09 Å². The van der Waals surface area contributed by atoms with Gasteiger partial charge in [0.25, 0.3) is 0 Å². The second-order valence-corrected chi connectivity index (χ2v) is 6.51. The molecule has 2 aromatic carbocycles. The van der Waals surface area contributed by atoms with Gasteiger partial charge in [-0.1, -0.05) is 48.5 Å². The number of hydrogen-bond donors (Lipinski definition) is 2. The summed E-state index contributed by atoms with van der Waals surface area (Å²) in [7, 11) is 3.15. The van der Waals surface area contributed by atoms with Crippen molar-refractivity contribution in [1.29, 1.82) is 0 Å². The first-order valence-corrected chi connectivity index (χ1v) is 9.33. The summed E-state index contributed by atoms with van der Waals surface area (Å²) < 4.78 is 4.59. The van der Waals surface area contributed by atoms with Gasteiger partial charge in [-0.05, 0) is 35.3 Å². The second kappa shape index (κ2) is 11.5. The predicted octanol–water partition coefficient (Wildman–Crippen LogP) is 4.35. The molecule has 154 valence electrons. The van der Waals surface area contributed by atoms with Gasteiger partial charge in [-0.2, -0.15) is 0 Å². The summed E-state index contributed by atoms with van der Waals surface area (Å²) in [5.74, 6) is 0.889. The van der Waals surface area contributed by atoms with Gasteiger partial charge in [0.2, 0.25) is 0 Å². The summed E-state index contributed by atoms with van der Waals surface area (Å²) in [4.78, 5) is 17.9. The highest BCUT2D eigenvalue weighted by atomic mass is 127. The van der Waals surface area contributed by atoms with E-state index in [1.54, 1.807) is 0 Å². The number of halogens is 1. The van der Waals surface area contributed by atoms with Crippen LogP contribution in [0.3, 0.4) is 0 Å². The smallest absolute Gasteiger partial charge is 0.411 e. The van der Waals surface area contributed by atoms with E-state index in [0.29, 0.717) is 12.2 Å². The molecule has 1 heterocycles. The number of benzene rings is 2. The fourth-order valence-corrected chi connectivity index (χ4v) is 3.16. The number of amides is 1. The number of nitrogens with one attached hydrogen (secondary N) is 2. The molecule has 2 aromatic rings. The molecule has 0 fully saturated rings. The van der Waals surface area contributed by atoms with Gasteiger partial charge in [0, 0.05) is 32.4 Å². The second-order valence-electron chi connectivity index (χ2n) is 6.51. The molecule has 0 saturated heterocycles. The molecule has 6 nitrogen and oxygen atoms in total. The summed E-state index contributed by atoms with van der Waals surface area (Å²) in [6.45, 7) is 2.44. The van der Waals surface area contributed by atoms with E-state index in [1.807, 2.05) is 37.4 Å². The van der Waals surface area contributed by atoms with Gasteiger partial charge >= 0.3 is 6.09 Å². The monoisotopic (exact) mass is 506 g/mol. The van der Waals surface area contributed by atoms with Crippen molar-refractivity contribution in [2.24, 2.45) is 4.99 Å². The molecule has 0 atom stereocenters. The Morgan fingerprint density at radius 3 is 2.45 bits per heavy atom. The molecular formula is C22H27IN4O2. The SMILES string of the molecule is CN=C(NCc1ccc(NC(=O)OC)cc1)N1CC=C(c2ccccc2)CC1.I. The summed E-state index contributed by atoms with van der Waals surface area (Å²) in [5, 5.41) is 6.06. The Morgan fingerprint density at radius 2 is 1.86 bits per heavy atom. The quantitative estimate of drug-likeness (QED) is 0.368. The van der Waals surface area contributed by atoms with Crippen LogP contribution in [0.4, 0.5) is 10.5 Å². The zero-order valence-corrected chi connectivity index (χ0v) is 19.1. The lowest BCUT2D eigenvalue weighted by Crippen LogP contribution is -2.43. The number of guanidine groups is 1. The lowest BCUT2D eigenvalue weighted by atomic mass is 10.00.